The largest absolute Gasteiger partial charge is 0.468 e. The van der Waals surface area contributed by atoms with Gasteiger partial charge in [-0.05, 0) is 31.9 Å². The summed E-state index contributed by atoms with van der Waals surface area (Å²) in [7, 11) is 0. The molecule has 2 aromatic heterocycles. The van der Waals surface area contributed by atoms with Gasteiger partial charge < -0.3 is 13.9 Å². The van der Waals surface area contributed by atoms with Gasteiger partial charge in [-0.3, -0.25) is 4.90 Å². The molecule has 0 aliphatic carbocycles. The van der Waals surface area contributed by atoms with E-state index in [2.05, 4.69) is 15.3 Å². The highest BCUT2D eigenvalue weighted by Gasteiger charge is 2.44. The number of ether oxygens (including phenoxy) is 2. The zero-order valence-corrected chi connectivity index (χ0v) is 14.1. The number of aromatic nitrogens is 1. The Labute approximate surface area is 140 Å². The van der Waals surface area contributed by atoms with Gasteiger partial charge >= 0.3 is 0 Å². The maximum absolute atomic E-state index is 6.17. The Hall–Kier alpha value is -1.21. The Morgan fingerprint density at radius 3 is 3.22 bits per heavy atom. The predicted octanol–water partition coefficient (Wildman–Crippen LogP) is 2.99. The number of fused-ring (bicyclic) bond motifs is 1. The zero-order chi connectivity index (χ0) is 15.6. The molecule has 2 saturated heterocycles. The van der Waals surface area contributed by atoms with E-state index >= 15 is 0 Å². The van der Waals surface area contributed by atoms with Crippen LogP contribution in [0.3, 0.4) is 0 Å². The van der Waals surface area contributed by atoms with Crippen LogP contribution in [0.25, 0.3) is 0 Å². The van der Waals surface area contributed by atoms with Crippen LogP contribution in [-0.4, -0.2) is 41.3 Å². The SMILES string of the molecule is Cc1nc(CO[C@@H]2CN(Cc3ccco3)[C@H]3CCCO[C@@H]23)cs1. The van der Waals surface area contributed by atoms with Crippen LogP contribution in [0.4, 0.5) is 0 Å². The van der Waals surface area contributed by atoms with Crippen LogP contribution >= 0.6 is 11.3 Å². The minimum Gasteiger partial charge on any atom is -0.468 e. The average molecular weight is 334 g/mol. The minimum absolute atomic E-state index is 0.109. The number of hydrogen-bond donors (Lipinski definition) is 0. The lowest BCUT2D eigenvalue weighted by Crippen LogP contribution is -2.41. The van der Waals surface area contributed by atoms with Crippen LogP contribution in [0.5, 0.6) is 0 Å². The molecule has 0 N–H and O–H groups in total. The molecule has 2 aromatic rings. The number of nitrogens with zero attached hydrogens (tertiary/aromatic N) is 2. The monoisotopic (exact) mass is 334 g/mol. The molecule has 6 heteroatoms. The van der Waals surface area contributed by atoms with E-state index in [1.807, 2.05) is 19.1 Å². The van der Waals surface area contributed by atoms with Crippen molar-refractivity contribution in [1.29, 1.82) is 0 Å². The lowest BCUT2D eigenvalue weighted by Gasteiger charge is -2.31. The molecule has 0 amide bonds. The molecule has 2 aliphatic heterocycles. The van der Waals surface area contributed by atoms with Crippen LogP contribution in [0.1, 0.15) is 29.3 Å². The standard InChI is InChI=1S/C17H22N2O3S/c1-12-18-13(11-23-12)10-22-16-9-19(8-14-4-2-6-20-14)15-5-3-7-21-17(15)16/h2,4,6,11,15-17H,3,5,7-10H2,1H3/t15-,16+,17+/m0/s1. The highest BCUT2D eigenvalue weighted by Crippen LogP contribution is 2.32. The molecule has 0 radical (unpaired) electrons. The predicted molar refractivity (Wildman–Crippen MR) is 87.3 cm³/mol. The van der Waals surface area contributed by atoms with E-state index in [1.54, 1.807) is 17.6 Å². The van der Waals surface area contributed by atoms with Crippen molar-refractivity contribution in [3.8, 4) is 0 Å². The van der Waals surface area contributed by atoms with Crippen LogP contribution in [0, 0.1) is 6.92 Å². The summed E-state index contributed by atoms with van der Waals surface area (Å²) in [5.41, 5.74) is 1.02. The second-order valence-electron chi connectivity index (χ2n) is 6.26. The Morgan fingerprint density at radius 2 is 2.43 bits per heavy atom. The molecule has 3 atom stereocenters. The zero-order valence-electron chi connectivity index (χ0n) is 13.3. The third-order valence-corrected chi connectivity index (χ3v) is 5.46. The van der Waals surface area contributed by atoms with Crippen molar-refractivity contribution in [2.45, 2.75) is 51.2 Å². The van der Waals surface area contributed by atoms with Gasteiger partial charge in [0.25, 0.3) is 0 Å². The van der Waals surface area contributed by atoms with E-state index < -0.39 is 0 Å². The first-order valence-electron chi connectivity index (χ1n) is 8.20. The molecule has 0 saturated carbocycles. The summed E-state index contributed by atoms with van der Waals surface area (Å²) in [6.45, 7) is 5.14. The normalized spacial score (nSPS) is 28.1. The van der Waals surface area contributed by atoms with Gasteiger partial charge in [0.05, 0.1) is 36.2 Å². The van der Waals surface area contributed by atoms with Crippen molar-refractivity contribution >= 4 is 11.3 Å². The fourth-order valence-electron chi connectivity index (χ4n) is 3.60. The first-order valence-corrected chi connectivity index (χ1v) is 9.08. The number of likely N-dealkylation sites (tertiary alicyclic amines) is 1. The third kappa shape index (κ3) is 3.35. The van der Waals surface area contributed by atoms with Crippen molar-refractivity contribution in [1.82, 2.24) is 9.88 Å². The summed E-state index contributed by atoms with van der Waals surface area (Å²) in [6.07, 6.45) is 4.30. The number of rotatable bonds is 5. The van der Waals surface area contributed by atoms with Gasteiger partial charge in [0.15, 0.2) is 0 Å². The molecule has 2 aliphatic rings. The topological polar surface area (TPSA) is 47.7 Å². The first-order chi connectivity index (χ1) is 11.3. The summed E-state index contributed by atoms with van der Waals surface area (Å²) in [5, 5.41) is 3.16. The molecule has 4 heterocycles. The number of thiazole rings is 1. The number of furan rings is 1. The summed E-state index contributed by atoms with van der Waals surface area (Å²) in [4.78, 5) is 6.92. The highest BCUT2D eigenvalue weighted by atomic mass is 32.1. The van der Waals surface area contributed by atoms with Crippen molar-refractivity contribution in [2.24, 2.45) is 0 Å². The van der Waals surface area contributed by atoms with Gasteiger partial charge in [0.1, 0.15) is 11.9 Å². The molecular weight excluding hydrogens is 312 g/mol. The van der Waals surface area contributed by atoms with Gasteiger partial charge in [-0.25, -0.2) is 4.98 Å². The Balaban J connectivity index is 1.42. The van der Waals surface area contributed by atoms with Crippen molar-refractivity contribution in [3.63, 3.8) is 0 Å². The summed E-state index contributed by atoms with van der Waals surface area (Å²) < 4.78 is 17.7. The second-order valence-corrected chi connectivity index (χ2v) is 7.32. The molecule has 124 valence electrons. The number of hydrogen-bond acceptors (Lipinski definition) is 6. The molecule has 5 nitrogen and oxygen atoms in total. The van der Waals surface area contributed by atoms with E-state index in [4.69, 9.17) is 13.9 Å². The van der Waals surface area contributed by atoms with E-state index in [0.717, 1.165) is 42.6 Å². The fraction of sp³-hybridized carbons (Fsp3) is 0.588. The van der Waals surface area contributed by atoms with Gasteiger partial charge in [0, 0.05) is 24.6 Å². The van der Waals surface area contributed by atoms with Crippen LogP contribution in [0.2, 0.25) is 0 Å². The Kier molecular flexibility index (Phi) is 4.48. The molecule has 23 heavy (non-hydrogen) atoms. The average Bonchev–Trinajstić information content (AvgIpc) is 3.28. The molecular formula is C17H22N2O3S. The highest BCUT2D eigenvalue weighted by molar-refractivity contribution is 7.09. The maximum atomic E-state index is 6.17. The van der Waals surface area contributed by atoms with Crippen LogP contribution in [-0.2, 0) is 22.6 Å². The lowest BCUT2D eigenvalue weighted by atomic mass is 10.0. The van der Waals surface area contributed by atoms with Gasteiger partial charge in [-0.15, -0.1) is 11.3 Å². The third-order valence-electron chi connectivity index (χ3n) is 4.63. The second kappa shape index (κ2) is 6.73. The van der Waals surface area contributed by atoms with Gasteiger partial charge in [-0.2, -0.15) is 0 Å². The van der Waals surface area contributed by atoms with E-state index in [1.165, 1.54) is 6.42 Å². The van der Waals surface area contributed by atoms with Crippen LogP contribution < -0.4 is 0 Å². The smallest absolute Gasteiger partial charge is 0.117 e. The summed E-state index contributed by atoms with van der Waals surface area (Å²) in [6, 6.07) is 4.40. The van der Waals surface area contributed by atoms with Gasteiger partial charge in [-0.1, -0.05) is 0 Å². The Bertz CT molecular complexity index is 628. The summed E-state index contributed by atoms with van der Waals surface area (Å²) >= 11 is 1.67. The fourth-order valence-corrected chi connectivity index (χ4v) is 4.20. The van der Waals surface area contributed by atoms with E-state index in [0.29, 0.717) is 12.6 Å². The van der Waals surface area contributed by atoms with Crippen molar-refractivity contribution in [3.05, 3.63) is 40.2 Å². The summed E-state index contributed by atoms with van der Waals surface area (Å²) in [5.74, 6) is 1.00. The van der Waals surface area contributed by atoms with E-state index in [-0.39, 0.29) is 12.2 Å². The minimum atomic E-state index is 0.109. The molecule has 0 spiro atoms. The van der Waals surface area contributed by atoms with Gasteiger partial charge in [0.2, 0.25) is 0 Å². The molecule has 0 aromatic carbocycles. The molecule has 0 unspecified atom stereocenters. The van der Waals surface area contributed by atoms with Crippen LogP contribution in [0.15, 0.2) is 28.2 Å². The first kappa shape index (κ1) is 15.3. The van der Waals surface area contributed by atoms with Crippen molar-refractivity contribution < 1.29 is 13.9 Å². The maximum Gasteiger partial charge on any atom is 0.117 e. The molecule has 4 rings (SSSR count). The van der Waals surface area contributed by atoms with Crippen molar-refractivity contribution in [2.75, 3.05) is 13.2 Å². The van der Waals surface area contributed by atoms with E-state index in [9.17, 15) is 0 Å². The Morgan fingerprint density at radius 1 is 1.48 bits per heavy atom. The number of aryl methyl sites for hydroxylation is 1. The lowest BCUT2D eigenvalue weighted by molar-refractivity contribution is -0.0824. The molecule has 2 fully saturated rings. The molecule has 0 bridgehead atoms. The quantitative estimate of drug-likeness (QED) is 0.841.